The van der Waals surface area contributed by atoms with E-state index >= 15 is 0 Å². The van der Waals surface area contributed by atoms with E-state index in [1.165, 1.54) is 51.4 Å². The number of hydrogen-bond donors (Lipinski definition) is 3. The van der Waals surface area contributed by atoms with Gasteiger partial charge in [-0.05, 0) is 70.6 Å². The van der Waals surface area contributed by atoms with Gasteiger partial charge in [0.15, 0.2) is 0 Å². The molecule has 0 aliphatic rings. The van der Waals surface area contributed by atoms with E-state index in [0.29, 0.717) is 6.42 Å². The summed E-state index contributed by atoms with van der Waals surface area (Å²) in [5.41, 5.74) is 0. The number of esters is 1. The van der Waals surface area contributed by atoms with E-state index in [1.807, 2.05) is 0 Å². The Morgan fingerprint density at radius 3 is 1.72 bits per heavy atom. The first-order valence-corrected chi connectivity index (χ1v) is 21.1. The van der Waals surface area contributed by atoms with Crippen molar-refractivity contribution in [2.75, 3.05) is 26.4 Å². The lowest BCUT2D eigenvalue weighted by molar-refractivity contribution is -0.147. The van der Waals surface area contributed by atoms with Crippen molar-refractivity contribution in [3.05, 3.63) is 48.6 Å². The van der Waals surface area contributed by atoms with Gasteiger partial charge in [-0.2, -0.15) is 0 Å². The Kier molecular flexibility index (Phi) is 35.3. The first-order chi connectivity index (χ1) is 24.3. The van der Waals surface area contributed by atoms with E-state index < -0.39 is 26.5 Å². The van der Waals surface area contributed by atoms with Gasteiger partial charge in [0.2, 0.25) is 5.91 Å². The van der Waals surface area contributed by atoms with E-state index in [9.17, 15) is 24.2 Å². The number of amides is 1. The standard InChI is InChI=1S/C40H72NO8P/c1-3-5-7-9-11-13-15-16-17-18-19-20-21-22-23-25-27-29-31-33-40(44)47-36-38(42)37-49-50(45,46)48-35-34-41-39(43)32-30-28-26-24-14-12-10-8-6-4-2/h8,10-11,13,16-17,19-20,38,42H,3-7,9,12,14-15,18,21-37H2,1-2H3,(H,41,43)(H,45,46)/b10-8-,13-11-,17-16-,20-19-. The van der Waals surface area contributed by atoms with Crippen LogP contribution >= 0.6 is 7.82 Å². The summed E-state index contributed by atoms with van der Waals surface area (Å²) >= 11 is 0. The largest absolute Gasteiger partial charge is 0.472 e. The molecule has 50 heavy (non-hydrogen) atoms. The maximum Gasteiger partial charge on any atom is 0.472 e. The first kappa shape index (κ1) is 48.0. The Labute approximate surface area is 305 Å². The normalized spacial score (nSPS) is 13.9. The number of phosphoric acid groups is 1. The zero-order valence-electron chi connectivity index (χ0n) is 31.6. The fourth-order valence-corrected chi connectivity index (χ4v) is 5.73. The van der Waals surface area contributed by atoms with Gasteiger partial charge in [-0.3, -0.25) is 18.6 Å². The van der Waals surface area contributed by atoms with E-state index in [-0.39, 0.29) is 32.1 Å². The Morgan fingerprint density at radius 1 is 0.620 bits per heavy atom. The molecule has 0 aliphatic carbocycles. The first-order valence-electron chi connectivity index (χ1n) is 19.6. The SMILES string of the molecule is CCC/C=C\CCCCCCCC(=O)NCCOP(=O)(O)OCC(O)COC(=O)CCCCCCCC/C=C\C/C=C\C/C=C\CCCCC. The van der Waals surface area contributed by atoms with Crippen LogP contribution in [0.2, 0.25) is 0 Å². The van der Waals surface area contributed by atoms with Crippen LogP contribution in [0.15, 0.2) is 48.6 Å². The lowest BCUT2D eigenvalue weighted by atomic mass is 10.1. The molecule has 9 nitrogen and oxygen atoms in total. The molecule has 0 fully saturated rings. The van der Waals surface area contributed by atoms with Crippen molar-refractivity contribution in [2.24, 2.45) is 0 Å². The molecule has 0 bridgehead atoms. The molecule has 0 aromatic rings. The van der Waals surface area contributed by atoms with Crippen LogP contribution in [-0.2, 0) is 27.9 Å². The predicted molar refractivity (Wildman–Crippen MR) is 206 cm³/mol. The average molecular weight is 726 g/mol. The van der Waals surface area contributed by atoms with Crippen LogP contribution in [0, 0.1) is 0 Å². The molecular weight excluding hydrogens is 653 g/mol. The van der Waals surface area contributed by atoms with Crippen LogP contribution in [0.3, 0.4) is 0 Å². The average Bonchev–Trinajstić information content (AvgIpc) is 3.10. The quantitative estimate of drug-likeness (QED) is 0.0252. The summed E-state index contributed by atoms with van der Waals surface area (Å²) in [6.45, 7) is 3.42. The minimum atomic E-state index is -4.41. The maximum atomic E-state index is 12.0. The molecule has 0 saturated carbocycles. The van der Waals surface area contributed by atoms with E-state index in [4.69, 9.17) is 13.8 Å². The highest BCUT2D eigenvalue weighted by Gasteiger charge is 2.23. The summed E-state index contributed by atoms with van der Waals surface area (Å²) < 4.78 is 26.7. The zero-order valence-corrected chi connectivity index (χ0v) is 32.5. The number of nitrogens with one attached hydrogen (secondary N) is 1. The molecule has 0 heterocycles. The molecule has 1 amide bonds. The molecule has 0 aliphatic heterocycles. The van der Waals surface area contributed by atoms with Crippen molar-refractivity contribution in [1.82, 2.24) is 5.32 Å². The molecule has 2 atom stereocenters. The number of aliphatic hydroxyl groups excluding tert-OH is 1. The Hall–Kier alpha value is -2.03. The second kappa shape index (κ2) is 36.8. The number of phosphoric ester groups is 1. The minimum absolute atomic E-state index is 0.0737. The lowest BCUT2D eigenvalue weighted by Crippen LogP contribution is -2.27. The van der Waals surface area contributed by atoms with Crippen molar-refractivity contribution >= 4 is 19.7 Å². The van der Waals surface area contributed by atoms with Crippen LogP contribution in [0.4, 0.5) is 0 Å². The number of allylic oxidation sites excluding steroid dienone is 8. The molecular formula is C40H72NO8P. The van der Waals surface area contributed by atoms with Crippen molar-refractivity contribution in [3.63, 3.8) is 0 Å². The van der Waals surface area contributed by atoms with Gasteiger partial charge >= 0.3 is 13.8 Å². The monoisotopic (exact) mass is 725 g/mol. The van der Waals surface area contributed by atoms with Crippen LogP contribution in [-0.4, -0.2) is 54.3 Å². The smallest absolute Gasteiger partial charge is 0.463 e. The highest BCUT2D eigenvalue weighted by Crippen LogP contribution is 2.42. The van der Waals surface area contributed by atoms with Gasteiger partial charge in [0.1, 0.15) is 12.7 Å². The van der Waals surface area contributed by atoms with E-state index in [2.05, 4.69) is 67.8 Å². The lowest BCUT2D eigenvalue weighted by Gasteiger charge is -2.15. The second-order valence-corrected chi connectivity index (χ2v) is 14.3. The zero-order chi connectivity index (χ0) is 36.8. The van der Waals surface area contributed by atoms with Gasteiger partial charge in [-0.15, -0.1) is 0 Å². The summed E-state index contributed by atoms with van der Waals surface area (Å²) in [6, 6.07) is 0. The minimum Gasteiger partial charge on any atom is -0.463 e. The maximum absolute atomic E-state index is 12.0. The van der Waals surface area contributed by atoms with Gasteiger partial charge in [0, 0.05) is 19.4 Å². The van der Waals surface area contributed by atoms with Gasteiger partial charge < -0.3 is 20.1 Å². The predicted octanol–water partition coefficient (Wildman–Crippen LogP) is 10.4. The summed E-state index contributed by atoms with van der Waals surface area (Å²) in [7, 11) is -4.41. The number of carbonyl (C=O) groups is 2. The third-order valence-corrected chi connectivity index (χ3v) is 8.95. The molecule has 0 radical (unpaired) electrons. The van der Waals surface area contributed by atoms with Crippen molar-refractivity contribution in [3.8, 4) is 0 Å². The Morgan fingerprint density at radius 2 is 1.12 bits per heavy atom. The van der Waals surface area contributed by atoms with Gasteiger partial charge in [-0.1, -0.05) is 127 Å². The van der Waals surface area contributed by atoms with Crippen molar-refractivity contribution in [2.45, 2.75) is 168 Å². The molecule has 3 N–H and O–H groups in total. The molecule has 0 spiro atoms. The molecule has 0 aromatic heterocycles. The molecule has 0 rings (SSSR count). The number of aliphatic hydroxyl groups is 1. The summed E-state index contributed by atoms with van der Waals surface area (Å²) in [5, 5.41) is 12.6. The summed E-state index contributed by atoms with van der Waals surface area (Å²) in [5.74, 6) is -0.544. The van der Waals surface area contributed by atoms with Crippen molar-refractivity contribution < 1.29 is 37.9 Å². The highest BCUT2D eigenvalue weighted by atomic mass is 31.2. The van der Waals surface area contributed by atoms with Crippen LogP contribution in [0.5, 0.6) is 0 Å². The Bertz CT molecular complexity index is 965. The Balaban J connectivity index is 3.66. The summed E-state index contributed by atoms with van der Waals surface area (Å²) in [6.07, 6.45) is 40.4. The van der Waals surface area contributed by atoms with Crippen LogP contribution in [0.25, 0.3) is 0 Å². The molecule has 10 heteroatoms. The van der Waals surface area contributed by atoms with E-state index in [0.717, 1.165) is 83.5 Å². The van der Waals surface area contributed by atoms with Crippen LogP contribution in [0.1, 0.15) is 162 Å². The third kappa shape index (κ3) is 37.2. The van der Waals surface area contributed by atoms with E-state index in [1.54, 1.807) is 0 Å². The number of hydrogen-bond acceptors (Lipinski definition) is 7. The number of ether oxygens (including phenoxy) is 1. The molecule has 2 unspecified atom stereocenters. The highest BCUT2D eigenvalue weighted by molar-refractivity contribution is 7.47. The van der Waals surface area contributed by atoms with Crippen LogP contribution < -0.4 is 5.32 Å². The topological polar surface area (TPSA) is 131 Å². The fourth-order valence-electron chi connectivity index (χ4n) is 4.98. The second-order valence-electron chi connectivity index (χ2n) is 12.9. The molecule has 0 aromatic carbocycles. The number of carbonyl (C=O) groups excluding carboxylic acids is 2. The van der Waals surface area contributed by atoms with Gasteiger partial charge in [0.25, 0.3) is 0 Å². The van der Waals surface area contributed by atoms with Gasteiger partial charge in [0.05, 0.1) is 13.2 Å². The van der Waals surface area contributed by atoms with Crippen molar-refractivity contribution in [1.29, 1.82) is 0 Å². The fraction of sp³-hybridized carbons (Fsp3) is 0.750. The van der Waals surface area contributed by atoms with Gasteiger partial charge in [-0.25, -0.2) is 4.57 Å². The number of unbranched alkanes of at least 4 members (excludes halogenated alkanes) is 15. The molecule has 0 saturated heterocycles. The molecule has 290 valence electrons. The number of rotatable bonds is 36. The summed E-state index contributed by atoms with van der Waals surface area (Å²) in [4.78, 5) is 33.7. The third-order valence-electron chi connectivity index (χ3n) is 7.96.